The Morgan fingerprint density at radius 3 is 2.46 bits per heavy atom. The number of hydrogen-bond donors (Lipinski definition) is 2. The molecular formula is C17H21N3O6S2. The van der Waals surface area contributed by atoms with Crippen molar-refractivity contribution in [2.24, 2.45) is 0 Å². The second kappa shape index (κ2) is 10.3. The normalized spacial score (nSPS) is 15.2. The lowest BCUT2D eigenvalue weighted by atomic mass is 10.3. The van der Waals surface area contributed by atoms with Crippen molar-refractivity contribution in [3.05, 3.63) is 36.4 Å². The molecule has 0 aliphatic carbocycles. The van der Waals surface area contributed by atoms with Crippen molar-refractivity contribution in [1.29, 1.82) is 0 Å². The van der Waals surface area contributed by atoms with Gasteiger partial charge in [-0.3, -0.25) is 10.1 Å². The maximum Gasteiger partial charge on any atom is 0.330 e. The highest BCUT2D eigenvalue weighted by Gasteiger charge is 2.26. The van der Waals surface area contributed by atoms with Crippen LogP contribution in [0.5, 0.6) is 0 Å². The second-order valence-corrected chi connectivity index (χ2v) is 7.92. The first-order valence-corrected chi connectivity index (χ1v) is 10.3. The summed E-state index contributed by atoms with van der Waals surface area (Å²) in [5, 5.41) is 5.14. The van der Waals surface area contributed by atoms with E-state index in [1.807, 2.05) is 0 Å². The zero-order valence-electron chi connectivity index (χ0n) is 15.2. The second-order valence-electron chi connectivity index (χ2n) is 5.57. The molecule has 28 heavy (non-hydrogen) atoms. The minimum atomic E-state index is -3.58. The van der Waals surface area contributed by atoms with Crippen molar-refractivity contribution in [1.82, 2.24) is 9.62 Å². The van der Waals surface area contributed by atoms with Gasteiger partial charge in [-0.2, -0.15) is 4.31 Å². The first-order chi connectivity index (χ1) is 13.3. The monoisotopic (exact) mass is 427 g/mol. The number of hydrogen-bond acceptors (Lipinski definition) is 7. The van der Waals surface area contributed by atoms with Crippen molar-refractivity contribution in [3.8, 4) is 0 Å². The molecule has 152 valence electrons. The number of carbonyl (C=O) groups excluding carboxylic acids is 2. The molecular weight excluding hydrogens is 406 g/mol. The van der Waals surface area contributed by atoms with Crippen molar-refractivity contribution in [2.45, 2.75) is 11.8 Å². The molecule has 0 atom stereocenters. The number of amides is 1. The van der Waals surface area contributed by atoms with E-state index in [1.165, 1.54) is 16.4 Å². The molecule has 1 amide bonds. The smallest absolute Gasteiger partial charge is 0.330 e. The molecule has 1 fully saturated rings. The van der Waals surface area contributed by atoms with Gasteiger partial charge in [-0.15, -0.1) is 0 Å². The average molecular weight is 428 g/mol. The summed E-state index contributed by atoms with van der Waals surface area (Å²) in [6.45, 7) is 3.24. The van der Waals surface area contributed by atoms with Crippen LogP contribution in [0.25, 0.3) is 0 Å². The van der Waals surface area contributed by atoms with Gasteiger partial charge in [-0.1, -0.05) is 0 Å². The molecule has 2 N–H and O–H groups in total. The van der Waals surface area contributed by atoms with Gasteiger partial charge in [0.25, 0.3) is 0 Å². The van der Waals surface area contributed by atoms with Gasteiger partial charge in [0.05, 0.1) is 24.7 Å². The molecule has 0 aromatic heterocycles. The standard InChI is InChI=1S/C17H21N3O6S2/c1-2-26-16(22)8-7-15(21)19-17(27)18-13-3-5-14(6-4-13)28(23,24)20-9-11-25-12-10-20/h3-8H,2,9-12H2,1H3,(H2,18,19,21,27)/b8-7+. The molecule has 0 spiro atoms. The highest BCUT2D eigenvalue weighted by atomic mass is 32.2. The van der Waals surface area contributed by atoms with Gasteiger partial charge >= 0.3 is 5.97 Å². The van der Waals surface area contributed by atoms with Crippen LogP contribution in [-0.4, -0.2) is 62.6 Å². The third kappa shape index (κ3) is 6.37. The van der Waals surface area contributed by atoms with E-state index >= 15 is 0 Å². The number of morpholine rings is 1. The van der Waals surface area contributed by atoms with Crippen LogP contribution in [0.3, 0.4) is 0 Å². The number of anilines is 1. The summed E-state index contributed by atoms with van der Waals surface area (Å²) in [7, 11) is -3.58. The number of esters is 1. The third-order valence-electron chi connectivity index (χ3n) is 3.61. The number of ether oxygens (including phenoxy) is 2. The molecule has 1 heterocycles. The molecule has 0 saturated carbocycles. The molecule has 0 bridgehead atoms. The zero-order valence-corrected chi connectivity index (χ0v) is 16.8. The fourth-order valence-corrected chi connectivity index (χ4v) is 3.92. The van der Waals surface area contributed by atoms with Gasteiger partial charge in [-0.25, -0.2) is 13.2 Å². The van der Waals surface area contributed by atoms with Gasteiger partial charge in [0.1, 0.15) is 0 Å². The Morgan fingerprint density at radius 2 is 1.86 bits per heavy atom. The molecule has 1 aliphatic heterocycles. The third-order valence-corrected chi connectivity index (χ3v) is 5.73. The molecule has 1 saturated heterocycles. The number of benzene rings is 1. The minimum absolute atomic E-state index is 0.00213. The number of rotatable bonds is 6. The van der Waals surface area contributed by atoms with Crippen LogP contribution in [0.15, 0.2) is 41.3 Å². The lowest BCUT2D eigenvalue weighted by molar-refractivity contribution is -0.137. The molecule has 1 aromatic carbocycles. The predicted molar refractivity (Wildman–Crippen MR) is 106 cm³/mol. The Bertz CT molecular complexity index is 846. The van der Waals surface area contributed by atoms with E-state index in [1.54, 1.807) is 19.1 Å². The Labute approximate surface area is 168 Å². The quantitative estimate of drug-likeness (QED) is 0.386. The van der Waals surface area contributed by atoms with E-state index in [0.29, 0.717) is 32.0 Å². The first-order valence-electron chi connectivity index (χ1n) is 8.47. The maximum absolute atomic E-state index is 12.6. The maximum atomic E-state index is 12.6. The van der Waals surface area contributed by atoms with Crippen molar-refractivity contribution < 1.29 is 27.5 Å². The number of carbonyl (C=O) groups is 2. The number of sulfonamides is 1. The Kier molecular flexibility index (Phi) is 8.05. The van der Waals surface area contributed by atoms with Crippen LogP contribution >= 0.6 is 12.2 Å². The lowest BCUT2D eigenvalue weighted by Gasteiger charge is -2.26. The molecule has 11 heteroatoms. The zero-order chi connectivity index (χ0) is 20.6. The summed E-state index contributed by atoms with van der Waals surface area (Å²) in [5.74, 6) is -1.23. The Balaban J connectivity index is 1.92. The van der Waals surface area contributed by atoms with E-state index < -0.39 is 21.9 Å². The van der Waals surface area contributed by atoms with Crippen molar-refractivity contribution in [3.63, 3.8) is 0 Å². The minimum Gasteiger partial charge on any atom is -0.463 e. The number of nitrogens with zero attached hydrogens (tertiary/aromatic N) is 1. The van der Waals surface area contributed by atoms with Crippen molar-refractivity contribution >= 4 is 44.9 Å². The van der Waals surface area contributed by atoms with Crippen LogP contribution in [0.4, 0.5) is 5.69 Å². The van der Waals surface area contributed by atoms with Crippen molar-refractivity contribution in [2.75, 3.05) is 38.2 Å². The highest BCUT2D eigenvalue weighted by Crippen LogP contribution is 2.19. The predicted octanol–water partition coefficient (Wildman–Crippen LogP) is 0.640. The first kappa shape index (κ1) is 22.0. The fourth-order valence-electron chi connectivity index (χ4n) is 2.30. The topological polar surface area (TPSA) is 114 Å². The summed E-state index contributed by atoms with van der Waals surface area (Å²) in [4.78, 5) is 23.0. The Hall–Kier alpha value is -2.34. The van der Waals surface area contributed by atoms with Crippen LogP contribution < -0.4 is 10.6 Å². The van der Waals surface area contributed by atoms with E-state index in [9.17, 15) is 18.0 Å². The van der Waals surface area contributed by atoms with Crippen LogP contribution in [-0.2, 0) is 29.1 Å². The fraction of sp³-hybridized carbons (Fsp3) is 0.353. The number of thiocarbonyl (C=S) groups is 1. The molecule has 0 unspecified atom stereocenters. The SMILES string of the molecule is CCOC(=O)/C=C/C(=O)NC(=S)Nc1ccc(S(=O)(=O)N2CCOCC2)cc1. The molecule has 1 aliphatic rings. The molecule has 0 radical (unpaired) electrons. The largest absolute Gasteiger partial charge is 0.463 e. The summed E-state index contributed by atoms with van der Waals surface area (Å²) in [6, 6.07) is 6.00. The van der Waals surface area contributed by atoms with Crippen LogP contribution in [0.2, 0.25) is 0 Å². The summed E-state index contributed by atoms with van der Waals surface area (Å²) in [5.41, 5.74) is 0.501. The molecule has 1 aromatic rings. The number of nitrogens with one attached hydrogen (secondary N) is 2. The van der Waals surface area contributed by atoms with Crippen LogP contribution in [0, 0.1) is 0 Å². The van der Waals surface area contributed by atoms with Gasteiger partial charge in [0.15, 0.2) is 5.11 Å². The molecule has 9 nitrogen and oxygen atoms in total. The van der Waals surface area contributed by atoms with E-state index in [0.717, 1.165) is 12.2 Å². The highest BCUT2D eigenvalue weighted by molar-refractivity contribution is 7.89. The summed E-state index contributed by atoms with van der Waals surface area (Å²) < 4.78 is 36.3. The van der Waals surface area contributed by atoms with E-state index in [-0.39, 0.29) is 16.6 Å². The van der Waals surface area contributed by atoms with Gasteiger partial charge < -0.3 is 14.8 Å². The lowest BCUT2D eigenvalue weighted by Crippen LogP contribution is -2.40. The summed E-state index contributed by atoms with van der Waals surface area (Å²) in [6.07, 6.45) is 2.00. The van der Waals surface area contributed by atoms with Gasteiger partial charge in [-0.05, 0) is 43.4 Å². The van der Waals surface area contributed by atoms with E-state index in [2.05, 4.69) is 15.4 Å². The van der Waals surface area contributed by atoms with Crippen LogP contribution in [0.1, 0.15) is 6.92 Å². The Morgan fingerprint density at radius 1 is 1.21 bits per heavy atom. The molecule has 2 rings (SSSR count). The summed E-state index contributed by atoms with van der Waals surface area (Å²) >= 11 is 5.02. The average Bonchev–Trinajstić information content (AvgIpc) is 2.67. The van der Waals surface area contributed by atoms with Gasteiger partial charge in [0.2, 0.25) is 15.9 Å². The van der Waals surface area contributed by atoms with E-state index in [4.69, 9.17) is 17.0 Å². The van der Waals surface area contributed by atoms with Gasteiger partial charge in [0, 0.05) is 30.9 Å².